The zero-order valence-electron chi connectivity index (χ0n) is 10.4. The number of rotatable bonds is 7. The lowest BCUT2D eigenvalue weighted by atomic mass is 10.3. The van der Waals surface area contributed by atoms with Crippen molar-refractivity contribution in [1.82, 2.24) is 4.98 Å². The Morgan fingerprint density at radius 3 is 2.68 bits per heavy atom. The molecule has 1 heterocycles. The van der Waals surface area contributed by atoms with Crippen LogP contribution in [0.15, 0.2) is 29.6 Å². The van der Waals surface area contributed by atoms with E-state index in [4.69, 9.17) is 5.11 Å². The molecule has 1 aromatic carbocycles. The van der Waals surface area contributed by atoms with Gasteiger partial charge in [-0.3, -0.25) is 0 Å². The van der Waals surface area contributed by atoms with Gasteiger partial charge in [0, 0.05) is 30.6 Å². The first-order valence-corrected chi connectivity index (χ1v) is 6.94. The summed E-state index contributed by atoms with van der Waals surface area (Å²) >= 11 is 1.53. The molecule has 0 atom stereocenters. The van der Waals surface area contributed by atoms with Crippen LogP contribution in [0.25, 0.3) is 0 Å². The first-order valence-electron chi connectivity index (χ1n) is 6.06. The van der Waals surface area contributed by atoms with Gasteiger partial charge >= 0.3 is 0 Å². The van der Waals surface area contributed by atoms with Gasteiger partial charge in [0.25, 0.3) is 0 Å². The second kappa shape index (κ2) is 7.06. The molecule has 2 aromatic rings. The van der Waals surface area contributed by atoms with Crippen molar-refractivity contribution in [3.8, 4) is 0 Å². The third-order valence-electron chi connectivity index (χ3n) is 2.49. The summed E-state index contributed by atoms with van der Waals surface area (Å²) in [5, 5.41) is 17.8. The van der Waals surface area contributed by atoms with E-state index in [1.807, 2.05) is 5.38 Å². The minimum atomic E-state index is -0.232. The van der Waals surface area contributed by atoms with Crippen LogP contribution in [0.2, 0.25) is 0 Å². The Balaban J connectivity index is 1.76. The van der Waals surface area contributed by atoms with Crippen LogP contribution in [0.5, 0.6) is 0 Å². The number of aliphatic hydroxyl groups is 1. The Labute approximate surface area is 115 Å². The van der Waals surface area contributed by atoms with Gasteiger partial charge in [0.2, 0.25) is 0 Å². The van der Waals surface area contributed by atoms with Crippen LogP contribution < -0.4 is 10.6 Å². The lowest BCUT2D eigenvalue weighted by molar-refractivity contribution is 0.311. The smallest absolute Gasteiger partial charge is 0.182 e. The molecule has 0 aliphatic heterocycles. The SMILES string of the molecule is OCCNc1nc(CCNc2ccc(F)cc2)cs1. The molecule has 1 aromatic heterocycles. The molecule has 6 heteroatoms. The number of benzene rings is 1. The molecule has 0 fully saturated rings. The van der Waals surface area contributed by atoms with Gasteiger partial charge in [-0.2, -0.15) is 0 Å². The fourth-order valence-corrected chi connectivity index (χ4v) is 2.34. The van der Waals surface area contributed by atoms with Crippen molar-refractivity contribution in [3.63, 3.8) is 0 Å². The van der Waals surface area contributed by atoms with E-state index in [2.05, 4.69) is 15.6 Å². The van der Waals surface area contributed by atoms with E-state index < -0.39 is 0 Å². The number of nitrogens with zero attached hydrogens (tertiary/aromatic N) is 1. The third-order valence-corrected chi connectivity index (χ3v) is 3.34. The number of aliphatic hydroxyl groups excluding tert-OH is 1. The maximum Gasteiger partial charge on any atom is 0.182 e. The first-order chi connectivity index (χ1) is 9.28. The first kappa shape index (κ1) is 13.8. The van der Waals surface area contributed by atoms with Gasteiger partial charge in [0.15, 0.2) is 5.13 Å². The van der Waals surface area contributed by atoms with Crippen LogP contribution in [0.4, 0.5) is 15.2 Å². The number of hydrogen-bond donors (Lipinski definition) is 3. The van der Waals surface area contributed by atoms with Crippen molar-refractivity contribution in [2.45, 2.75) is 6.42 Å². The number of thiazole rings is 1. The zero-order valence-corrected chi connectivity index (χ0v) is 11.2. The molecule has 102 valence electrons. The third kappa shape index (κ3) is 4.50. The predicted molar refractivity (Wildman–Crippen MR) is 76.3 cm³/mol. The average Bonchev–Trinajstić information content (AvgIpc) is 2.87. The van der Waals surface area contributed by atoms with E-state index >= 15 is 0 Å². The monoisotopic (exact) mass is 281 g/mol. The van der Waals surface area contributed by atoms with Crippen LogP contribution in [0.3, 0.4) is 0 Å². The van der Waals surface area contributed by atoms with Crippen LogP contribution in [-0.4, -0.2) is 29.8 Å². The van der Waals surface area contributed by atoms with Gasteiger partial charge in [-0.25, -0.2) is 9.37 Å². The molecule has 2 rings (SSSR count). The molecule has 0 radical (unpaired) electrons. The number of hydrogen-bond acceptors (Lipinski definition) is 5. The maximum absolute atomic E-state index is 12.7. The quantitative estimate of drug-likeness (QED) is 0.729. The molecule has 0 unspecified atom stereocenters. The van der Waals surface area contributed by atoms with E-state index in [1.54, 1.807) is 12.1 Å². The van der Waals surface area contributed by atoms with E-state index in [0.717, 1.165) is 29.5 Å². The number of nitrogens with one attached hydrogen (secondary N) is 2. The Hall–Kier alpha value is -1.66. The highest BCUT2D eigenvalue weighted by molar-refractivity contribution is 7.13. The maximum atomic E-state index is 12.7. The summed E-state index contributed by atoms with van der Waals surface area (Å²) in [7, 11) is 0. The highest BCUT2D eigenvalue weighted by Gasteiger charge is 2.01. The summed E-state index contributed by atoms with van der Waals surface area (Å²) in [5.74, 6) is -0.232. The van der Waals surface area contributed by atoms with Crippen molar-refractivity contribution in [3.05, 3.63) is 41.2 Å². The van der Waals surface area contributed by atoms with E-state index in [0.29, 0.717) is 6.54 Å². The topological polar surface area (TPSA) is 57.2 Å². The summed E-state index contributed by atoms with van der Waals surface area (Å²) in [4.78, 5) is 4.39. The highest BCUT2D eigenvalue weighted by atomic mass is 32.1. The minimum absolute atomic E-state index is 0.0982. The molecule has 0 bridgehead atoms. The number of aromatic nitrogens is 1. The van der Waals surface area contributed by atoms with E-state index in [-0.39, 0.29) is 12.4 Å². The summed E-state index contributed by atoms with van der Waals surface area (Å²) in [6, 6.07) is 6.29. The second-order valence-corrected chi connectivity index (χ2v) is 4.84. The van der Waals surface area contributed by atoms with Crippen LogP contribution in [0.1, 0.15) is 5.69 Å². The molecule has 0 aliphatic carbocycles. The van der Waals surface area contributed by atoms with Gasteiger partial charge in [0.1, 0.15) is 5.82 Å². The second-order valence-electron chi connectivity index (χ2n) is 3.98. The summed E-state index contributed by atoms with van der Waals surface area (Å²) in [5.41, 5.74) is 1.90. The normalized spacial score (nSPS) is 10.4. The number of halogens is 1. The largest absolute Gasteiger partial charge is 0.395 e. The Morgan fingerprint density at radius 2 is 1.95 bits per heavy atom. The van der Waals surface area contributed by atoms with Crippen LogP contribution in [0, 0.1) is 5.82 Å². The molecule has 4 nitrogen and oxygen atoms in total. The van der Waals surface area contributed by atoms with Crippen molar-refractivity contribution < 1.29 is 9.50 Å². The van der Waals surface area contributed by atoms with Gasteiger partial charge in [-0.1, -0.05) is 0 Å². The molecular formula is C13H16FN3OS. The van der Waals surface area contributed by atoms with Gasteiger partial charge in [0.05, 0.1) is 12.3 Å². The number of anilines is 2. The Bertz CT molecular complexity index is 501. The molecule has 19 heavy (non-hydrogen) atoms. The summed E-state index contributed by atoms with van der Waals surface area (Å²) < 4.78 is 12.7. The highest BCUT2D eigenvalue weighted by Crippen LogP contribution is 2.15. The summed E-state index contributed by atoms with van der Waals surface area (Å²) in [6.45, 7) is 1.36. The minimum Gasteiger partial charge on any atom is -0.395 e. The lowest BCUT2D eigenvalue weighted by Gasteiger charge is -2.04. The Morgan fingerprint density at radius 1 is 1.16 bits per heavy atom. The van der Waals surface area contributed by atoms with Crippen LogP contribution >= 0.6 is 11.3 Å². The van der Waals surface area contributed by atoms with Gasteiger partial charge < -0.3 is 15.7 Å². The van der Waals surface area contributed by atoms with Crippen molar-refractivity contribution >= 4 is 22.2 Å². The molecule has 0 aliphatic rings. The standard InChI is InChI=1S/C13H16FN3OS/c14-10-1-3-11(4-2-10)15-6-5-12-9-19-13(17-12)16-7-8-18/h1-4,9,15,18H,5-8H2,(H,16,17). The van der Waals surface area contributed by atoms with Crippen LogP contribution in [-0.2, 0) is 6.42 Å². The van der Waals surface area contributed by atoms with Crippen molar-refractivity contribution in [1.29, 1.82) is 0 Å². The average molecular weight is 281 g/mol. The fraction of sp³-hybridized carbons (Fsp3) is 0.308. The van der Waals surface area contributed by atoms with E-state index in [1.165, 1.54) is 23.5 Å². The summed E-state index contributed by atoms with van der Waals surface area (Å²) in [6.07, 6.45) is 0.800. The Kier molecular flexibility index (Phi) is 5.11. The van der Waals surface area contributed by atoms with E-state index in [9.17, 15) is 4.39 Å². The molecule has 3 N–H and O–H groups in total. The lowest BCUT2D eigenvalue weighted by Crippen LogP contribution is -2.06. The van der Waals surface area contributed by atoms with Crippen molar-refractivity contribution in [2.75, 3.05) is 30.3 Å². The van der Waals surface area contributed by atoms with Crippen molar-refractivity contribution in [2.24, 2.45) is 0 Å². The fourth-order valence-electron chi connectivity index (χ4n) is 1.57. The predicted octanol–water partition coefficient (Wildman–Crippen LogP) is 2.34. The molecule has 0 amide bonds. The molecule has 0 saturated heterocycles. The molecule has 0 spiro atoms. The van der Waals surface area contributed by atoms with Gasteiger partial charge in [-0.05, 0) is 24.3 Å². The van der Waals surface area contributed by atoms with Gasteiger partial charge in [-0.15, -0.1) is 11.3 Å². The molecular weight excluding hydrogens is 265 g/mol. The molecule has 0 saturated carbocycles. The zero-order chi connectivity index (χ0) is 13.5.